The second kappa shape index (κ2) is 8.88. The number of phenols is 1. The molecule has 0 radical (unpaired) electrons. The molecule has 3 aromatic rings. The van der Waals surface area contributed by atoms with Crippen molar-refractivity contribution in [1.29, 1.82) is 0 Å². The van der Waals surface area contributed by atoms with Crippen molar-refractivity contribution in [2.75, 3.05) is 0 Å². The number of amides is 1. The van der Waals surface area contributed by atoms with Gasteiger partial charge in [-0.3, -0.25) is 9.59 Å². The van der Waals surface area contributed by atoms with Gasteiger partial charge in [-0.25, -0.2) is 0 Å². The number of rotatable bonds is 8. The number of aromatic hydroxyl groups is 1. The Balaban J connectivity index is 1.68. The highest BCUT2D eigenvalue weighted by atomic mass is 35.5. The summed E-state index contributed by atoms with van der Waals surface area (Å²) in [6, 6.07) is 13.7. The van der Waals surface area contributed by atoms with Crippen LogP contribution >= 0.6 is 22.9 Å². The van der Waals surface area contributed by atoms with Crippen molar-refractivity contribution >= 4 is 34.6 Å². The van der Waals surface area contributed by atoms with Crippen molar-refractivity contribution < 1.29 is 19.1 Å². The van der Waals surface area contributed by atoms with Crippen molar-refractivity contribution in [3.63, 3.8) is 0 Å². The van der Waals surface area contributed by atoms with Gasteiger partial charge in [-0.15, -0.1) is 11.3 Å². The molecule has 1 amide bonds. The van der Waals surface area contributed by atoms with Crippen molar-refractivity contribution in [2.45, 2.75) is 25.9 Å². The average molecular weight is 404 g/mol. The van der Waals surface area contributed by atoms with Gasteiger partial charge < -0.3 is 14.4 Å². The fraction of sp³-hybridized carbons (Fsp3) is 0.200. The zero-order valence-corrected chi connectivity index (χ0v) is 16.0. The van der Waals surface area contributed by atoms with Crippen LogP contribution in [0.25, 0.3) is 0 Å². The molecule has 27 heavy (non-hydrogen) atoms. The molecule has 0 atom stereocenters. The number of benzene rings is 1. The van der Waals surface area contributed by atoms with Gasteiger partial charge >= 0.3 is 0 Å². The third-order valence-electron chi connectivity index (χ3n) is 4.05. The molecule has 0 bridgehead atoms. The predicted octanol–water partition coefficient (Wildman–Crippen LogP) is 4.89. The summed E-state index contributed by atoms with van der Waals surface area (Å²) in [5, 5.41) is 10.0. The van der Waals surface area contributed by atoms with Crippen molar-refractivity contribution in [1.82, 2.24) is 4.90 Å². The molecule has 0 spiro atoms. The predicted molar refractivity (Wildman–Crippen MR) is 104 cm³/mol. The Morgan fingerprint density at radius 1 is 1.04 bits per heavy atom. The summed E-state index contributed by atoms with van der Waals surface area (Å²) in [6.07, 6.45) is 1.72. The molecule has 3 rings (SSSR count). The van der Waals surface area contributed by atoms with E-state index >= 15 is 0 Å². The minimum absolute atomic E-state index is 0.0721. The highest BCUT2D eigenvalue weighted by Gasteiger charge is 2.19. The third kappa shape index (κ3) is 5.21. The number of thiophene rings is 1. The lowest BCUT2D eigenvalue weighted by Gasteiger charge is -2.22. The highest BCUT2D eigenvalue weighted by Crippen LogP contribution is 2.24. The van der Waals surface area contributed by atoms with Crippen LogP contribution in [0.5, 0.6) is 5.75 Å². The first-order chi connectivity index (χ1) is 13.0. The van der Waals surface area contributed by atoms with Crippen molar-refractivity contribution in [3.05, 3.63) is 75.3 Å². The fourth-order valence-corrected chi connectivity index (χ4v) is 3.65. The number of furan rings is 1. The summed E-state index contributed by atoms with van der Waals surface area (Å²) in [5.41, 5.74) is 0.633. The quantitative estimate of drug-likeness (QED) is 0.543. The number of ketones is 1. The average Bonchev–Trinajstić information content (AvgIpc) is 3.32. The second-order valence-electron chi connectivity index (χ2n) is 5.98. The molecule has 1 N–H and O–H groups in total. The zero-order valence-electron chi connectivity index (χ0n) is 14.4. The normalized spacial score (nSPS) is 10.7. The number of phenolic OH excluding ortho intramolecular Hbond substituents is 1. The number of hydrogen-bond acceptors (Lipinski definition) is 5. The topological polar surface area (TPSA) is 70.8 Å². The molecule has 0 saturated heterocycles. The molecule has 140 valence electrons. The summed E-state index contributed by atoms with van der Waals surface area (Å²) in [5.74, 6) is 0.459. The van der Waals surface area contributed by atoms with Crippen LogP contribution in [0.2, 0.25) is 4.34 Å². The Kier molecular flexibility index (Phi) is 6.32. The summed E-state index contributed by atoms with van der Waals surface area (Å²) in [6.45, 7) is 0.490. The van der Waals surface area contributed by atoms with Gasteiger partial charge in [-0.05, 0) is 30.3 Å². The molecule has 0 aliphatic carbocycles. The molecule has 0 fully saturated rings. The molecule has 0 aliphatic heterocycles. The molecular formula is C20H18ClNO4S. The minimum Gasteiger partial charge on any atom is -0.508 e. The number of para-hydroxylation sites is 1. The summed E-state index contributed by atoms with van der Waals surface area (Å²) in [4.78, 5) is 27.1. The van der Waals surface area contributed by atoms with Crippen LogP contribution in [-0.4, -0.2) is 21.7 Å². The van der Waals surface area contributed by atoms with Gasteiger partial charge in [0.2, 0.25) is 5.91 Å². The van der Waals surface area contributed by atoms with Crippen LogP contribution in [0.15, 0.2) is 59.2 Å². The summed E-state index contributed by atoms with van der Waals surface area (Å²) in [7, 11) is 0. The van der Waals surface area contributed by atoms with Crippen molar-refractivity contribution in [3.8, 4) is 5.75 Å². The molecule has 0 aliphatic rings. The van der Waals surface area contributed by atoms with E-state index < -0.39 is 0 Å². The molecular weight excluding hydrogens is 386 g/mol. The maximum absolute atomic E-state index is 12.8. The van der Waals surface area contributed by atoms with E-state index in [1.807, 2.05) is 0 Å². The molecule has 1 aromatic carbocycles. The van der Waals surface area contributed by atoms with Gasteiger partial charge in [0, 0.05) is 24.9 Å². The van der Waals surface area contributed by atoms with E-state index in [4.69, 9.17) is 16.0 Å². The standard InChI is InChI=1S/C20H18ClNO4S/c21-19-9-8-18(27-19)17(24)7-10-20(25)22(13-15-5-3-11-26-15)12-14-4-1-2-6-16(14)23/h1-6,8-9,11,23H,7,10,12-13H2. The zero-order chi connectivity index (χ0) is 19.2. The lowest BCUT2D eigenvalue weighted by Crippen LogP contribution is -2.30. The van der Waals surface area contributed by atoms with Crippen LogP contribution in [-0.2, 0) is 17.9 Å². The number of hydrogen-bond donors (Lipinski definition) is 1. The molecule has 2 heterocycles. The summed E-state index contributed by atoms with van der Waals surface area (Å²) < 4.78 is 5.89. The monoisotopic (exact) mass is 403 g/mol. The van der Waals surface area contributed by atoms with E-state index in [-0.39, 0.29) is 43.4 Å². The number of Topliss-reactive ketones (excluding diaryl/α,β-unsaturated/α-hetero) is 1. The largest absolute Gasteiger partial charge is 0.508 e. The van der Waals surface area contributed by atoms with Crippen LogP contribution < -0.4 is 0 Å². The fourth-order valence-electron chi connectivity index (χ4n) is 2.64. The lowest BCUT2D eigenvalue weighted by molar-refractivity contribution is -0.132. The van der Waals surface area contributed by atoms with E-state index in [1.54, 1.807) is 59.7 Å². The first-order valence-electron chi connectivity index (χ1n) is 8.38. The van der Waals surface area contributed by atoms with Crippen LogP contribution in [0.3, 0.4) is 0 Å². The molecule has 0 unspecified atom stereocenters. The molecule has 7 heteroatoms. The Hall–Kier alpha value is -2.57. The molecule has 2 aromatic heterocycles. The molecule has 5 nitrogen and oxygen atoms in total. The number of carbonyl (C=O) groups is 2. The van der Waals surface area contributed by atoms with Crippen LogP contribution in [0, 0.1) is 0 Å². The van der Waals surface area contributed by atoms with Gasteiger partial charge in [-0.2, -0.15) is 0 Å². The maximum atomic E-state index is 12.8. The van der Waals surface area contributed by atoms with Crippen LogP contribution in [0.4, 0.5) is 0 Å². The molecule has 0 saturated carbocycles. The van der Waals surface area contributed by atoms with E-state index in [1.165, 1.54) is 11.3 Å². The summed E-state index contributed by atoms with van der Waals surface area (Å²) >= 11 is 7.07. The Bertz CT molecular complexity index is 920. The third-order valence-corrected chi connectivity index (χ3v) is 5.32. The minimum atomic E-state index is -0.189. The Labute approximate surface area is 165 Å². The van der Waals surface area contributed by atoms with Crippen molar-refractivity contribution in [2.24, 2.45) is 0 Å². The van der Waals surface area contributed by atoms with Crippen LogP contribution in [0.1, 0.15) is 33.8 Å². The van der Waals surface area contributed by atoms with Gasteiger partial charge in [0.1, 0.15) is 11.5 Å². The number of carbonyl (C=O) groups excluding carboxylic acids is 2. The smallest absolute Gasteiger partial charge is 0.223 e. The van der Waals surface area contributed by atoms with Gasteiger partial charge in [0.15, 0.2) is 5.78 Å². The Morgan fingerprint density at radius 2 is 1.85 bits per heavy atom. The Morgan fingerprint density at radius 3 is 2.52 bits per heavy atom. The van der Waals surface area contributed by atoms with E-state index in [9.17, 15) is 14.7 Å². The number of nitrogens with zero attached hydrogens (tertiary/aromatic N) is 1. The highest BCUT2D eigenvalue weighted by molar-refractivity contribution is 7.18. The van der Waals surface area contributed by atoms with Gasteiger partial charge in [0.25, 0.3) is 0 Å². The van der Waals surface area contributed by atoms with Gasteiger partial charge in [-0.1, -0.05) is 29.8 Å². The first-order valence-corrected chi connectivity index (χ1v) is 9.58. The first kappa shape index (κ1) is 19.2. The van der Waals surface area contributed by atoms with E-state index in [2.05, 4.69) is 0 Å². The van der Waals surface area contributed by atoms with E-state index in [0.717, 1.165) is 0 Å². The second-order valence-corrected chi connectivity index (χ2v) is 7.70. The maximum Gasteiger partial charge on any atom is 0.223 e. The van der Waals surface area contributed by atoms with Gasteiger partial charge in [0.05, 0.1) is 22.0 Å². The number of halogens is 1. The SMILES string of the molecule is O=C(CCC(=O)N(Cc1ccco1)Cc1ccccc1O)c1ccc(Cl)s1. The lowest BCUT2D eigenvalue weighted by atomic mass is 10.1. The van der Waals surface area contributed by atoms with E-state index in [0.29, 0.717) is 20.5 Å².